The first-order chi connectivity index (χ1) is 15.6. The number of piperidine rings is 1. The number of methoxy groups -OCH3 is 1. The van der Waals surface area contributed by atoms with E-state index in [0.717, 1.165) is 36.5 Å². The number of benzene rings is 2. The molecule has 9 heteroatoms. The molecule has 0 radical (unpaired) electrons. The van der Waals surface area contributed by atoms with Crippen LogP contribution in [0.3, 0.4) is 0 Å². The number of hydrogen-bond donors (Lipinski definition) is 1. The molecule has 1 unspecified atom stereocenters. The van der Waals surface area contributed by atoms with E-state index in [-0.39, 0.29) is 22.0 Å². The third kappa shape index (κ3) is 6.25. The van der Waals surface area contributed by atoms with Gasteiger partial charge >= 0.3 is 0 Å². The molecular formula is C24H32ClFN2O4S. The monoisotopic (exact) mass is 498 g/mol. The van der Waals surface area contributed by atoms with Gasteiger partial charge < -0.3 is 9.47 Å². The Hall–Kier alpha value is -1.71. The van der Waals surface area contributed by atoms with Crippen molar-refractivity contribution in [2.45, 2.75) is 50.6 Å². The molecule has 33 heavy (non-hydrogen) atoms. The van der Waals surface area contributed by atoms with Crippen molar-refractivity contribution in [1.29, 1.82) is 0 Å². The maximum atomic E-state index is 13.4. The first-order valence-corrected chi connectivity index (χ1v) is 12.9. The van der Waals surface area contributed by atoms with Crippen LogP contribution in [0.2, 0.25) is 5.02 Å². The van der Waals surface area contributed by atoms with Gasteiger partial charge in [-0.25, -0.2) is 17.5 Å². The third-order valence-corrected chi connectivity index (χ3v) is 8.18. The summed E-state index contributed by atoms with van der Waals surface area (Å²) in [4.78, 5) is 2.34. The van der Waals surface area contributed by atoms with Gasteiger partial charge in [-0.3, -0.25) is 4.90 Å². The van der Waals surface area contributed by atoms with E-state index in [1.54, 1.807) is 7.11 Å². The Kier molecular flexibility index (Phi) is 8.75. The first kappa shape index (κ1) is 25.9. The van der Waals surface area contributed by atoms with E-state index in [0.29, 0.717) is 26.1 Å². The molecule has 6 nitrogen and oxygen atoms in total. The molecule has 1 aliphatic heterocycles. The summed E-state index contributed by atoms with van der Waals surface area (Å²) < 4.78 is 52.4. The number of nitrogens with zero attached hydrogens (tertiary/aromatic N) is 1. The Morgan fingerprint density at radius 3 is 2.48 bits per heavy atom. The number of sulfonamides is 1. The van der Waals surface area contributed by atoms with Gasteiger partial charge in [0.2, 0.25) is 10.0 Å². The highest BCUT2D eigenvalue weighted by atomic mass is 35.5. The second kappa shape index (κ2) is 11.1. The van der Waals surface area contributed by atoms with E-state index < -0.39 is 15.8 Å². The van der Waals surface area contributed by atoms with Crippen molar-refractivity contribution >= 4 is 21.6 Å². The smallest absolute Gasteiger partial charge is 0.240 e. The van der Waals surface area contributed by atoms with Crippen molar-refractivity contribution in [1.82, 2.24) is 9.62 Å². The third-order valence-electron chi connectivity index (χ3n) is 6.37. The molecule has 1 atom stereocenters. The zero-order chi connectivity index (χ0) is 24.2. The molecular weight excluding hydrogens is 467 g/mol. The fourth-order valence-electron chi connectivity index (χ4n) is 4.19. The Morgan fingerprint density at radius 2 is 1.85 bits per heavy atom. The molecule has 1 heterocycles. The van der Waals surface area contributed by atoms with Crippen LogP contribution in [0, 0.1) is 19.7 Å². The second-order valence-corrected chi connectivity index (χ2v) is 10.5. The highest BCUT2D eigenvalue weighted by Crippen LogP contribution is 2.32. The van der Waals surface area contributed by atoms with Crippen LogP contribution in [0.15, 0.2) is 35.2 Å². The van der Waals surface area contributed by atoms with Crippen LogP contribution >= 0.6 is 11.6 Å². The molecule has 1 N–H and O–H groups in total. The van der Waals surface area contributed by atoms with Crippen molar-refractivity contribution < 1.29 is 22.3 Å². The molecule has 0 aromatic heterocycles. The average Bonchev–Trinajstić information content (AvgIpc) is 2.78. The highest BCUT2D eigenvalue weighted by molar-refractivity contribution is 7.89. The average molecular weight is 499 g/mol. The van der Waals surface area contributed by atoms with Gasteiger partial charge in [-0.2, -0.15) is 0 Å². The number of rotatable bonds is 9. The fraction of sp³-hybridized carbons (Fsp3) is 0.500. The number of likely N-dealkylation sites (tertiary alicyclic amines) is 1. The minimum atomic E-state index is -3.76. The van der Waals surface area contributed by atoms with Gasteiger partial charge in [0.05, 0.1) is 16.5 Å². The minimum Gasteiger partial charge on any atom is -0.491 e. The molecule has 3 rings (SSSR count). The summed E-state index contributed by atoms with van der Waals surface area (Å²) in [7, 11) is -2.11. The lowest BCUT2D eigenvalue weighted by molar-refractivity contribution is 0.145. The quantitative estimate of drug-likeness (QED) is 0.511. The topological polar surface area (TPSA) is 67.9 Å². The van der Waals surface area contributed by atoms with Gasteiger partial charge in [0, 0.05) is 32.3 Å². The van der Waals surface area contributed by atoms with Crippen molar-refractivity contribution in [3.8, 4) is 5.75 Å². The molecule has 0 aliphatic carbocycles. The summed E-state index contributed by atoms with van der Waals surface area (Å²) in [5.41, 5.74) is 3.57. The predicted molar refractivity (Wildman–Crippen MR) is 128 cm³/mol. The molecule has 1 aliphatic rings. The van der Waals surface area contributed by atoms with Crippen LogP contribution in [-0.4, -0.2) is 52.8 Å². The molecule has 1 fully saturated rings. The van der Waals surface area contributed by atoms with Crippen LogP contribution in [0.1, 0.15) is 42.5 Å². The summed E-state index contributed by atoms with van der Waals surface area (Å²) >= 11 is 5.75. The number of nitrogens with one attached hydrogen (secondary N) is 1. The van der Waals surface area contributed by atoms with E-state index in [1.807, 2.05) is 6.07 Å². The van der Waals surface area contributed by atoms with Gasteiger partial charge in [0.25, 0.3) is 0 Å². The van der Waals surface area contributed by atoms with Crippen LogP contribution in [0.25, 0.3) is 0 Å². The van der Waals surface area contributed by atoms with Crippen molar-refractivity contribution in [3.05, 3.63) is 57.9 Å². The van der Waals surface area contributed by atoms with E-state index in [9.17, 15) is 12.8 Å². The molecule has 0 amide bonds. The lowest BCUT2D eigenvalue weighted by Crippen LogP contribution is -2.45. The Balaban J connectivity index is 1.61. The molecule has 0 bridgehead atoms. The molecule has 2 aromatic rings. The van der Waals surface area contributed by atoms with Crippen molar-refractivity contribution in [2.24, 2.45) is 0 Å². The maximum Gasteiger partial charge on any atom is 0.240 e. The normalized spacial score (nSPS) is 16.7. The van der Waals surface area contributed by atoms with E-state index in [1.165, 1.54) is 17.2 Å². The van der Waals surface area contributed by atoms with Crippen molar-refractivity contribution in [2.75, 3.05) is 33.4 Å². The SMILES string of the molecule is COCCOc1ccc(C(C)N2CCC(NS(=O)(=O)c3ccc(F)c(Cl)c3)CC2)c(C)c1C. The highest BCUT2D eigenvalue weighted by Gasteiger charge is 2.28. The molecule has 0 spiro atoms. The Morgan fingerprint density at radius 1 is 1.15 bits per heavy atom. The summed E-state index contributed by atoms with van der Waals surface area (Å²) in [6, 6.07) is 7.59. The number of halogens is 2. The summed E-state index contributed by atoms with van der Waals surface area (Å²) in [6.45, 7) is 8.95. The number of ether oxygens (including phenoxy) is 2. The van der Waals surface area contributed by atoms with Gasteiger partial charge in [-0.05, 0) is 74.6 Å². The van der Waals surface area contributed by atoms with Gasteiger partial charge in [0.1, 0.15) is 18.2 Å². The molecule has 2 aromatic carbocycles. The van der Waals surface area contributed by atoms with E-state index >= 15 is 0 Å². The summed E-state index contributed by atoms with van der Waals surface area (Å²) in [5.74, 6) is 0.229. The minimum absolute atomic E-state index is 0.0244. The molecule has 182 valence electrons. The summed E-state index contributed by atoms with van der Waals surface area (Å²) in [5, 5.41) is -0.206. The van der Waals surface area contributed by atoms with E-state index in [2.05, 4.69) is 36.5 Å². The zero-order valence-corrected chi connectivity index (χ0v) is 21.1. The van der Waals surface area contributed by atoms with Crippen molar-refractivity contribution in [3.63, 3.8) is 0 Å². The Labute approximate surface area is 201 Å². The standard InChI is InChI=1S/C24H32ClFN2O4S/c1-16-17(2)24(32-14-13-31-4)8-6-21(16)18(3)28-11-9-19(10-12-28)27-33(29,30)20-5-7-23(26)22(25)15-20/h5-8,15,18-19,27H,9-14H2,1-4H3. The van der Waals surface area contributed by atoms with Crippen LogP contribution in [0.4, 0.5) is 4.39 Å². The zero-order valence-electron chi connectivity index (χ0n) is 19.5. The lowest BCUT2D eigenvalue weighted by atomic mass is 9.94. The van der Waals surface area contributed by atoms with E-state index in [4.69, 9.17) is 21.1 Å². The van der Waals surface area contributed by atoms with Gasteiger partial charge in [-0.15, -0.1) is 0 Å². The second-order valence-electron chi connectivity index (χ2n) is 8.43. The lowest BCUT2D eigenvalue weighted by Gasteiger charge is -2.37. The van der Waals surface area contributed by atoms with Gasteiger partial charge in [-0.1, -0.05) is 17.7 Å². The first-order valence-electron chi connectivity index (χ1n) is 11.1. The molecule has 0 saturated carbocycles. The maximum absolute atomic E-state index is 13.4. The van der Waals surface area contributed by atoms with Crippen LogP contribution in [-0.2, 0) is 14.8 Å². The fourth-order valence-corrected chi connectivity index (χ4v) is 5.77. The largest absolute Gasteiger partial charge is 0.491 e. The Bertz CT molecular complexity index is 1070. The molecule has 1 saturated heterocycles. The van der Waals surface area contributed by atoms with Crippen LogP contribution < -0.4 is 9.46 Å². The van der Waals surface area contributed by atoms with Gasteiger partial charge in [0.15, 0.2) is 0 Å². The number of hydrogen-bond acceptors (Lipinski definition) is 5. The summed E-state index contributed by atoms with van der Waals surface area (Å²) in [6.07, 6.45) is 1.38. The van der Waals surface area contributed by atoms with Crippen LogP contribution in [0.5, 0.6) is 5.75 Å². The predicted octanol–water partition coefficient (Wildman–Crippen LogP) is 4.63.